The minimum absolute atomic E-state index is 0.0913. The van der Waals surface area contributed by atoms with E-state index in [0.29, 0.717) is 6.42 Å². The monoisotopic (exact) mass is 172 g/mol. The van der Waals surface area contributed by atoms with Crippen molar-refractivity contribution in [2.45, 2.75) is 32.3 Å². The predicted octanol–water partition coefficient (Wildman–Crippen LogP) is 1.27. The second-order valence-corrected chi connectivity index (χ2v) is 2.58. The van der Waals surface area contributed by atoms with Crippen molar-refractivity contribution >= 4 is 5.97 Å². The van der Waals surface area contributed by atoms with Gasteiger partial charge in [0.1, 0.15) is 0 Å². The summed E-state index contributed by atoms with van der Waals surface area (Å²) >= 11 is 0. The van der Waals surface area contributed by atoms with Crippen molar-refractivity contribution in [1.82, 2.24) is 0 Å². The first kappa shape index (κ1) is 11.2. The fourth-order valence-corrected chi connectivity index (χ4v) is 0.833. The molecule has 0 aliphatic carbocycles. The van der Waals surface area contributed by atoms with Crippen LogP contribution in [0.15, 0.2) is 12.2 Å². The number of esters is 1. The number of hydrogen-bond donors (Lipinski definition) is 1. The summed E-state index contributed by atoms with van der Waals surface area (Å²) in [7, 11) is 1.32. The van der Waals surface area contributed by atoms with Crippen LogP contribution in [0.1, 0.15) is 26.2 Å². The molecule has 0 radical (unpaired) electrons. The highest BCUT2D eigenvalue weighted by Gasteiger charge is 2.09. The molecule has 1 unspecified atom stereocenters. The van der Waals surface area contributed by atoms with Gasteiger partial charge in [0.15, 0.2) is 0 Å². The van der Waals surface area contributed by atoms with Crippen molar-refractivity contribution in [2.75, 3.05) is 7.11 Å². The van der Waals surface area contributed by atoms with Gasteiger partial charge in [0.2, 0.25) is 0 Å². The number of rotatable bonds is 5. The fourth-order valence-electron chi connectivity index (χ4n) is 0.833. The van der Waals surface area contributed by atoms with Gasteiger partial charge in [-0.1, -0.05) is 12.2 Å². The molecule has 0 aromatic carbocycles. The molecular weight excluding hydrogens is 156 g/mol. The van der Waals surface area contributed by atoms with Gasteiger partial charge >= 0.3 is 5.97 Å². The highest BCUT2D eigenvalue weighted by atomic mass is 16.5. The van der Waals surface area contributed by atoms with Crippen LogP contribution in [0.25, 0.3) is 0 Å². The summed E-state index contributed by atoms with van der Waals surface area (Å²) < 4.78 is 4.41. The summed E-state index contributed by atoms with van der Waals surface area (Å²) in [6.07, 6.45) is 4.81. The SMILES string of the molecule is CC=CCCC(O)CC(=O)OC. The summed E-state index contributed by atoms with van der Waals surface area (Å²) in [5.41, 5.74) is 0. The summed E-state index contributed by atoms with van der Waals surface area (Å²) in [5, 5.41) is 9.24. The highest BCUT2D eigenvalue weighted by molar-refractivity contribution is 5.69. The molecule has 0 amide bonds. The molecule has 0 aromatic rings. The number of aliphatic hydroxyl groups excluding tert-OH is 1. The molecule has 0 rings (SSSR count). The van der Waals surface area contributed by atoms with Gasteiger partial charge in [0, 0.05) is 0 Å². The molecule has 0 aliphatic heterocycles. The van der Waals surface area contributed by atoms with E-state index >= 15 is 0 Å². The fraction of sp³-hybridized carbons (Fsp3) is 0.667. The Hall–Kier alpha value is -0.830. The molecule has 0 bridgehead atoms. The first-order valence-electron chi connectivity index (χ1n) is 4.06. The van der Waals surface area contributed by atoms with Crippen molar-refractivity contribution < 1.29 is 14.6 Å². The van der Waals surface area contributed by atoms with E-state index < -0.39 is 6.10 Å². The lowest BCUT2D eigenvalue weighted by Crippen LogP contribution is -2.13. The Morgan fingerprint density at radius 3 is 2.83 bits per heavy atom. The van der Waals surface area contributed by atoms with Crippen molar-refractivity contribution in [1.29, 1.82) is 0 Å². The Kier molecular flexibility index (Phi) is 6.38. The zero-order chi connectivity index (χ0) is 9.40. The Morgan fingerprint density at radius 2 is 2.33 bits per heavy atom. The van der Waals surface area contributed by atoms with E-state index in [1.165, 1.54) is 7.11 Å². The van der Waals surface area contributed by atoms with Gasteiger partial charge in [-0.3, -0.25) is 4.79 Å². The van der Waals surface area contributed by atoms with E-state index in [1.807, 2.05) is 19.1 Å². The van der Waals surface area contributed by atoms with Crippen LogP contribution >= 0.6 is 0 Å². The third kappa shape index (κ3) is 5.92. The molecule has 0 fully saturated rings. The normalized spacial score (nSPS) is 13.2. The van der Waals surface area contributed by atoms with E-state index in [1.54, 1.807) is 0 Å². The van der Waals surface area contributed by atoms with Crippen LogP contribution in [0, 0.1) is 0 Å². The molecule has 0 heterocycles. The predicted molar refractivity (Wildman–Crippen MR) is 46.7 cm³/mol. The summed E-state index contributed by atoms with van der Waals surface area (Å²) in [6.45, 7) is 1.92. The lowest BCUT2D eigenvalue weighted by Gasteiger charge is -2.06. The molecule has 0 saturated carbocycles. The van der Waals surface area contributed by atoms with Crippen LogP contribution in [0.2, 0.25) is 0 Å². The number of ether oxygens (including phenoxy) is 1. The number of hydrogen-bond acceptors (Lipinski definition) is 3. The minimum Gasteiger partial charge on any atom is -0.469 e. The van der Waals surface area contributed by atoms with E-state index in [0.717, 1.165) is 6.42 Å². The number of carbonyl (C=O) groups excluding carboxylic acids is 1. The first-order chi connectivity index (χ1) is 5.70. The zero-order valence-electron chi connectivity index (χ0n) is 7.62. The molecule has 0 aromatic heterocycles. The molecule has 0 saturated heterocycles. The van der Waals surface area contributed by atoms with Crippen LogP contribution in [-0.4, -0.2) is 24.3 Å². The maximum absolute atomic E-state index is 10.7. The third-order valence-electron chi connectivity index (χ3n) is 1.53. The topological polar surface area (TPSA) is 46.5 Å². The lowest BCUT2D eigenvalue weighted by molar-refractivity contribution is -0.142. The van der Waals surface area contributed by atoms with Crippen LogP contribution in [0.5, 0.6) is 0 Å². The van der Waals surface area contributed by atoms with Gasteiger partial charge in [-0.05, 0) is 19.8 Å². The van der Waals surface area contributed by atoms with E-state index in [4.69, 9.17) is 0 Å². The number of aliphatic hydroxyl groups is 1. The van der Waals surface area contributed by atoms with E-state index in [2.05, 4.69) is 4.74 Å². The number of carbonyl (C=O) groups is 1. The van der Waals surface area contributed by atoms with Crippen molar-refractivity contribution in [3.63, 3.8) is 0 Å². The van der Waals surface area contributed by atoms with E-state index in [-0.39, 0.29) is 12.4 Å². The second kappa shape index (κ2) is 6.85. The molecule has 0 spiro atoms. The maximum Gasteiger partial charge on any atom is 0.308 e. The Bertz CT molecular complexity index is 152. The zero-order valence-corrected chi connectivity index (χ0v) is 7.62. The van der Waals surface area contributed by atoms with Gasteiger partial charge in [-0.2, -0.15) is 0 Å². The van der Waals surface area contributed by atoms with Crippen LogP contribution in [0.4, 0.5) is 0 Å². The minimum atomic E-state index is -0.575. The molecule has 12 heavy (non-hydrogen) atoms. The quantitative estimate of drug-likeness (QED) is 0.501. The van der Waals surface area contributed by atoms with Crippen LogP contribution in [-0.2, 0) is 9.53 Å². The Balaban J connectivity index is 3.45. The van der Waals surface area contributed by atoms with Gasteiger partial charge in [-0.15, -0.1) is 0 Å². The largest absolute Gasteiger partial charge is 0.469 e. The second-order valence-electron chi connectivity index (χ2n) is 2.58. The maximum atomic E-state index is 10.7. The molecule has 3 heteroatoms. The Labute approximate surface area is 73.0 Å². The van der Waals surface area contributed by atoms with Crippen LogP contribution < -0.4 is 0 Å². The summed E-state index contributed by atoms with van der Waals surface area (Å²) in [5.74, 6) is -0.358. The Morgan fingerprint density at radius 1 is 1.67 bits per heavy atom. The van der Waals surface area contributed by atoms with Crippen molar-refractivity contribution in [3.05, 3.63) is 12.2 Å². The van der Waals surface area contributed by atoms with E-state index in [9.17, 15) is 9.90 Å². The van der Waals surface area contributed by atoms with Gasteiger partial charge in [-0.25, -0.2) is 0 Å². The average Bonchev–Trinajstić information content (AvgIpc) is 2.05. The molecule has 70 valence electrons. The highest BCUT2D eigenvalue weighted by Crippen LogP contribution is 2.03. The lowest BCUT2D eigenvalue weighted by atomic mass is 10.1. The smallest absolute Gasteiger partial charge is 0.308 e. The summed E-state index contributed by atoms with van der Waals surface area (Å²) in [6, 6.07) is 0. The standard InChI is InChI=1S/C9H16O3/c1-3-4-5-6-8(10)7-9(11)12-2/h3-4,8,10H,5-7H2,1-2H3. The van der Waals surface area contributed by atoms with Crippen molar-refractivity contribution in [3.8, 4) is 0 Å². The van der Waals surface area contributed by atoms with Gasteiger partial charge < -0.3 is 9.84 Å². The van der Waals surface area contributed by atoms with Crippen LogP contribution in [0.3, 0.4) is 0 Å². The first-order valence-corrected chi connectivity index (χ1v) is 4.06. The third-order valence-corrected chi connectivity index (χ3v) is 1.53. The molecule has 1 N–H and O–H groups in total. The van der Waals surface area contributed by atoms with Crippen molar-refractivity contribution in [2.24, 2.45) is 0 Å². The average molecular weight is 172 g/mol. The molecular formula is C9H16O3. The number of allylic oxidation sites excluding steroid dienone is 2. The van der Waals surface area contributed by atoms with Gasteiger partial charge in [0.05, 0.1) is 19.6 Å². The number of methoxy groups -OCH3 is 1. The molecule has 1 atom stereocenters. The molecule has 0 aliphatic rings. The summed E-state index contributed by atoms with van der Waals surface area (Å²) in [4.78, 5) is 10.7. The molecule has 3 nitrogen and oxygen atoms in total. The van der Waals surface area contributed by atoms with Gasteiger partial charge in [0.25, 0.3) is 0 Å².